The van der Waals surface area contributed by atoms with Crippen molar-refractivity contribution in [2.24, 2.45) is 5.14 Å². The van der Waals surface area contributed by atoms with Crippen LogP contribution in [0.25, 0.3) is 5.57 Å². The SMILES string of the molecule is NS(=O)(=O)Oc1ccc2c(c1)CC(=O)C1=C2CCCCC1. The Morgan fingerprint density at radius 1 is 1.05 bits per heavy atom. The second kappa shape index (κ2) is 5.27. The molecule has 0 atom stereocenters. The third kappa shape index (κ3) is 3.01. The smallest absolute Gasteiger partial charge is 0.371 e. The lowest BCUT2D eigenvalue weighted by molar-refractivity contribution is -0.115. The van der Waals surface area contributed by atoms with Gasteiger partial charge in [-0.1, -0.05) is 12.5 Å². The minimum absolute atomic E-state index is 0.146. The summed E-state index contributed by atoms with van der Waals surface area (Å²) in [4.78, 5) is 12.3. The molecule has 0 saturated heterocycles. The van der Waals surface area contributed by atoms with Crippen molar-refractivity contribution in [1.82, 2.24) is 0 Å². The van der Waals surface area contributed by atoms with E-state index in [4.69, 9.17) is 5.14 Å². The molecular formula is C15H17NO4S. The van der Waals surface area contributed by atoms with E-state index in [0.717, 1.165) is 54.4 Å². The van der Waals surface area contributed by atoms with Crippen LogP contribution in [0.2, 0.25) is 0 Å². The highest BCUT2D eigenvalue weighted by molar-refractivity contribution is 7.84. The van der Waals surface area contributed by atoms with Crippen molar-refractivity contribution in [3.8, 4) is 5.75 Å². The summed E-state index contributed by atoms with van der Waals surface area (Å²) in [5.41, 5.74) is 3.95. The Bertz CT molecular complexity index is 734. The van der Waals surface area contributed by atoms with Gasteiger partial charge in [-0.05, 0) is 60.1 Å². The number of hydrogen-bond acceptors (Lipinski definition) is 4. The number of nitrogens with two attached hydrogens (primary N) is 1. The minimum Gasteiger partial charge on any atom is -0.371 e. The summed E-state index contributed by atoms with van der Waals surface area (Å²) >= 11 is 0. The number of carbonyl (C=O) groups is 1. The fourth-order valence-electron chi connectivity index (χ4n) is 3.16. The number of hydrogen-bond donors (Lipinski definition) is 1. The van der Waals surface area contributed by atoms with Crippen LogP contribution in [-0.4, -0.2) is 14.2 Å². The quantitative estimate of drug-likeness (QED) is 0.906. The Balaban J connectivity index is 2.03. The summed E-state index contributed by atoms with van der Waals surface area (Å²) in [6.45, 7) is 0. The molecule has 0 spiro atoms. The average Bonchev–Trinajstić information content (AvgIpc) is 2.62. The molecule has 0 aliphatic heterocycles. The maximum absolute atomic E-state index is 12.3. The van der Waals surface area contributed by atoms with Crippen LogP contribution in [0.4, 0.5) is 0 Å². The Morgan fingerprint density at radius 3 is 2.48 bits per heavy atom. The van der Waals surface area contributed by atoms with Gasteiger partial charge in [0.1, 0.15) is 5.75 Å². The van der Waals surface area contributed by atoms with E-state index in [0.29, 0.717) is 6.42 Å². The summed E-state index contributed by atoms with van der Waals surface area (Å²) in [6.07, 6.45) is 5.35. The molecule has 0 saturated carbocycles. The van der Waals surface area contributed by atoms with E-state index >= 15 is 0 Å². The molecule has 0 heterocycles. The number of benzene rings is 1. The molecule has 2 aliphatic carbocycles. The highest BCUT2D eigenvalue weighted by Gasteiger charge is 2.26. The molecule has 2 aliphatic rings. The number of allylic oxidation sites excluding steroid dienone is 2. The highest BCUT2D eigenvalue weighted by atomic mass is 32.2. The molecular weight excluding hydrogens is 290 g/mol. The van der Waals surface area contributed by atoms with Crippen LogP contribution in [0.3, 0.4) is 0 Å². The van der Waals surface area contributed by atoms with E-state index in [2.05, 4.69) is 4.18 Å². The largest absolute Gasteiger partial charge is 0.380 e. The zero-order chi connectivity index (χ0) is 15.0. The zero-order valence-electron chi connectivity index (χ0n) is 11.6. The van der Waals surface area contributed by atoms with Gasteiger partial charge in [0.15, 0.2) is 5.78 Å². The van der Waals surface area contributed by atoms with Crippen LogP contribution >= 0.6 is 0 Å². The lowest BCUT2D eigenvalue weighted by Crippen LogP contribution is -2.20. The molecule has 0 aromatic heterocycles. The van der Waals surface area contributed by atoms with Gasteiger partial charge in [-0.3, -0.25) is 4.79 Å². The number of ketones is 1. The number of carbonyl (C=O) groups excluding carboxylic acids is 1. The van der Waals surface area contributed by atoms with Crippen molar-refractivity contribution >= 4 is 21.7 Å². The summed E-state index contributed by atoms with van der Waals surface area (Å²) in [7, 11) is -4.04. The monoisotopic (exact) mass is 307 g/mol. The van der Waals surface area contributed by atoms with Gasteiger partial charge in [0, 0.05) is 6.42 Å². The molecule has 5 nitrogen and oxygen atoms in total. The molecule has 1 aromatic carbocycles. The Labute approximate surface area is 124 Å². The highest BCUT2D eigenvalue weighted by Crippen LogP contribution is 2.38. The summed E-state index contributed by atoms with van der Waals surface area (Å²) < 4.78 is 26.7. The van der Waals surface area contributed by atoms with Gasteiger partial charge in [-0.15, -0.1) is 0 Å². The number of rotatable bonds is 2. The van der Waals surface area contributed by atoms with E-state index in [1.807, 2.05) is 6.07 Å². The molecule has 3 rings (SSSR count). The van der Waals surface area contributed by atoms with Gasteiger partial charge in [-0.2, -0.15) is 13.6 Å². The van der Waals surface area contributed by atoms with Gasteiger partial charge in [0.25, 0.3) is 0 Å². The topological polar surface area (TPSA) is 86.5 Å². The van der Waals surface area contributed by atoms with E-state index in [1.165, 1.54) is 0 Å². The molecule has 1 aromatic rings. The Hall–Kier alpha value is -1.66. The van der Waals surface area contributed by atoms with Crippen LogP contribution in [0.15, 0.2) is 23.8 Å². The summed E-state index contributed by atoms with van der Waals surface area (Å²) in [6, 6.07) is 5.03. The van der Waals surface area contributed by atoms with Crippen LogP contribution < -0.4 is 9.32 Å². The molecule has 2 N–H and O–H groups in total. The van der Waals surface area contributed by atoms with Gasteiger partial charge in [0.05, 0.1) is 0 Å². The van der Waals surface area contributed by atoms with Crippen molar-refractivity contribution in [3.63, 3.8) is 0 Å². The molecule has 0 bridgehead atoms. The van der Waals surface area contributed by atoms with E-state index < -0.39 is 10.3 Å². The minimum atomic E-state index is -4.04. The maximum Gasteiger partial charge on any atom is 0.380 e. The van der Waals surface area contributed by atoms with Gasteiger partial charge < -0.3 is 4.18 Å². The maximum atomic E-state index is 12.3. The Kier molecular flexibility index (Phi) is 3.59. The zero-order valence-corrected chi connectivity index (χ0v) is 12.4. The molecule has 0 radical (unpaired) electrons. The normalized spacial score (nSPS) is 18.8. The van der Waals surface area contributed by atoms with Crippen molar-refractivity contribution in [2.45, 2.75) is 38.5 Å². The van der Waals surface area contributed by atoms with E-state index in [-0.39, 0.29) is 11.5 Å². The van der Waals surface area contributed by atoms with Gasteiger partial charge in [0.2, 0.25) is 0 Å². The lowest BCUT2D eigenvalue weighted by atomic mass is 9.82. The van der Waals surface area contributed by atoms with Crippen LogP contribution in [0, 0.1) is 0 Å². The van der Waals surface area contributed by atoms with Crippen LogP contribution in [0.5, 0.6) is 5.75 Å². The predicted octanol–water partition coefficient (Wildman–Crippen LogP) is 2.11. The van der Waals surface area contributed by atoms with E-state index in [9.17, 15) is 13.2 Å². The first-order valence-corrected chi connectivity index (χ1v) is 8.52. The van der Waals surface area contributed by atoms with Crippen molar-refractivity contribution in [1.29, 1.82) is 0 Å². The predicted molar refractivity (Wildman–Crippen MR) is 78.9 cm³/mol. The standard InChI is InChI=1S/C15H17NO4S/c16-21(18,19)20-11-6-7-12-10(8-11)9-15(17)14-5-3-1-2-4-13(12)14/h6-8H,1-5,9H2,(H2,16,18,19). The summed E-state index contributed by atoms with van der Waals surface area (Å²) in [5.74, 6) is 0.300. The van der Waals surface area contributed by atoms with Crippen LogP contribution in [-0.2, 0) is 21.5 Å². The average molecular weight is 307 g/mol. The first kappa shape index (κ1) is 14.3. The third-order valence-electron chi connectivity index (χ3n) is 4.02. The number of fused-ring (bicyclic) bond motifs is 2. The molecule has 0 amide bonds. The second-order valence-corrected chi connectivity index (χ2v) is 6.67. The van der Waals surface area contributed by atoms with Crippen molar-refractivity contribution < 1.29 is 17.4 Å². The summed E-state index contributed by atoms with van der Waals surface area (Å²) in [5, 5.41) is 4.87. The van der Waals surface area contributed by atoms with Crippen molar-refractivity contribution in [2.75, 3.05) is 0 Å². The molecule has 6 heteroatoms. The lowest BCUT2D eigenvalue weighted by Gasteiger charge is -2.21. The van der Waals surface area contributed by atoms with Crippen LogP contribution in [0.1, 0.15) is 43.2 Å². The molecule has 112 valence electrons. The van der Waals surface area contributed by atoms with Gasteiger partial charge in [-0.25, -0.2) is 0 Å². The molecule has 21 heavy (non-hydrogen) atoms. The third-order valence-corrected chi connectivity index (χ3v) is 4.44. The first-order valence-electron chi connectivity index (χ1n) is 7.05. The fraction of sp³-hybridized carbons (Fsp3) is 0.400. The van der Waals surface area contributed by atoms with Crippen molar-refractivity contribution in [3.05, 3.63) is 34.9 Å². The Morgan fingerprint density at radius 2 is 1.76 bits per heavy atom. The van der Waals surface area contributed by atoms with Gasteiger partial charge >= 0.3 is 10.3 Å². The first-order chi connectivity index (χ1) is 9.94. The fourth-order valence-corrected chi connectivity index (χ4v) is 3.54. The number of Topliss-reactive ketones (excluding diaryl/α,β-unsaturated/α-hetero) is 1. The molecule has 0 unspecified atom stereocenters. The second-order valence-electron chi connectivity index (χ2n) is 5.51. The molecule has 0 fully saturated rings. The van der Waals surface area contributed by atoms with E-state index in [1.54, 1.807) is 12.1 Å².